The summed E-state index contributed by atoms with van der Waals surface area (Å²) >= 11 is 3.18. The molecule has 0 aliphatic rings. The van der Waals surface area contributed by atoms with Crippen LogP contribution in [0.5, 0.6) is 5.75 Å². The maximum atomic E-state index is 11.4. The van der Waals surface area contributed by atoms with Gasteiger partial charge in [0.05, 0.1) is 18.6 Å². The molecule has 1 aromatic rings. The first-order valence-corrected chi connectivity index (χ1v) is 5.77. The van der Waals surface area contributed by atoms with Crippen LogP contribution in [0, 0.1) is 10.1 Å². The second-order valence-corrected chi connectivity index (χ2v) is 3.76. The van der Waals surface area contributed by atoms with Gasteiger partial charge in [0.25, 0.3) is 5.69 Å². The van der Waals surface area contributed by atoms with E-state index >= 15 is 0 Å². The molecular formula is C10H10BrNO5. The van der Waals surface area contributed by atoms with Crippen LogP contribution in [-0.2, 0) is 4.74 Å². The van der Waals surface area contributed by atoms with Crippen LogP contribution in [0.25, 0.3) is 0 Å². The Hall–Kier alpha value is -1.63. The van der Waals surface area contributed by atoms with Crippen LogP contribution >= 0.6 is 15.9 Å². The highest BCUT2D eigenvalue weighted by Crippen LogP contribution is 2.24. The zero-order chi connectivity index (χ0) is 12.8. The Kier molecular flexibility index (Phi) is 4.89. The molecule has 0 bridgehead atoms. The molecule has 0 saturated heterocycles. The highest BCUT2D eigenvalue weighted by atomic mass is 79.9. The average Bonchev–Trinajstić information content (AvgIpc) is 2.34. The number of hydrogen-bond donors (Lipinski definition) is 0. The van der Waals surface area contributed by atoms with Gasteiger partial charge >= 0.3 is 5.97 Å². The lowest BCUT2D eigenvalue weighted by Crippen LogP contribution is -2.07. The largest absolute Gasteiger partial charge is 0.493 e. The topological polar surface area (TPSA) is 78.7 Å². The van der Waals surface area contributed by atoms with E-state index in [-0.39, 0.29) is 11.3 Å². The van der Waals surface area contributed by atoms with Gasteiger partial charge in [0.1, 0.15) is 11.3 Å². The molecule has 0 N–H and O–H groups in total. The molecule has 0 amide bonds. The maximum absolute atomic E-state index is 11.4. The fourth-order valence-electron chi connectivity index (χ4n) is 1.19. The van der Waals surface area contributed by atoms with Gasteiger partial charge in [-0.25, -0.2) is 4.79 Å². The number of nitro benzene ring substituents is 1. The number of hydrogen-bond acceptors (Lipinski definition) is 5. The normalized spacial score (nSPS) is 9.76. The minimum atomic E-state index is -0.763. The Balaban J connectivity index is 3.10. The van der Waals surface area contributed by atoms with Gasteiger partial charge in [0.15, 0.2) is 0 Å². The molecule has 92 valence electrons. The van der Waals surface area contributed by atoms with Crippen molar-refractivity contribution in [1.82, 2.24) is 0 Å². The molecule has 0 heterocycles. The van der Waals surface area contributed by atoms with E-state index in [4.69, 9.17) is 4.74 Å². The van der Waals surface area contributed by atoms with Crippen LogP contribution in [0.15, 0.2) is 18.2 Å². The minimum absolute atomic E-state index is 0.121. The number of nitro groups is 1. The van der Waals surface area contributed by atoms with Crippen molar-refractivity contribution >= 4 is 27.6 Å². The van der Waals surface area contributed by atoms with Crippen LogP contribution in [-0.4, -0.2) is 29.9 Å². The molecule has 0 spiro atoms. The number of halogens is 1. The molecule has 1 rings (SSSR count). The van der Waals surface area contributed by atoms with E-state index in [2.05, 4.69) is 20.7 Å². The summed E-state index contributed by atoms with van der Waals surface area (Å²) in [5.74, 6) is -0.378. The Morgan fingerprint density at radius 2 is 2.24 bits per heavy atom. The number of esters is 1. The quantitative estimate of drug-likeness (QED) is 0.360. The van der Waals surface area contributed by atoms with Crippen molar-refractivity contribution in [2.45, 2.75) is 0 Å². The van der Waals surface area contributed by atoms with E-state index in [9.17, 15) is 14.9 Å². The van der Waals surface area contributed by atoms with Gasteiger partial charge < -0.3 is 9.47 Å². The van der Waals surface area contributed by atoms with Crippen LogP contribution < -0.4 is 4.74 Å². The summed E-state index contributed by atoms with van der Waals surface area (Å²) < 4.78 is 9.73. The predicted molar refractivity (Wildman–Crippen MR) is 63.7 cm³/mol. The number of alkyl halides is 1. The van der Waals surface area contributed by atoms with Crippen molar-refractivity contribution in [3.05, 3.63) is 33.9 Å². The molecule has 0 unspecified atom stereocenters. The highest BCUT2D eigenvalue weighted by molar-refractivity contribution is 9.09. The highest BCUT2D eigenvalue weighted by Gasteiger charge is 2.21. The van der Waals surface area contributed by atoms with Crippen molar-refractivity contribution < 1.29 is 19.2 Å². The first kappa shape index (κ1) is 13.4. The molecular weight excluding hydrogens is 294 g/mol. The van der Waals surface area contributed by atoms with Crippen LogP contribution in [0.1, 0.15) is 10.4 Å². The molecule has 7 heteroatoms. The van der Waals surface area contributed by atoms with Crippen molar-refractivity contribution in [2.24, 2.45) is 0 Å². The number of nitrogens with zero attached hydrogens (tertiary/aromatic N) is 1. The molecule has 6 nitrogen and oxygen atoms in total. The summed E-state index contributed by atoms with van der Waals surface area (Å²) in [5, 5.41) is 11.3. The van der Waals surface area contributed by atoms with E-state index in [0.717, 1.165) is 7.11 Å². The Morgan fingerprint density at radius 1 is 1.53 bits per heavy atom. The number of benzene rings is 1. The van der Waals surface area contributed by atoms with Crippen molar-refractivity contribution in [3.8, 4) is 5.75 Å². The number of carbonyl (C=O) groups is 1. The Labute approximate surface area is 106 Å². The Bertz CT molecular complexity index is 435. The predicted octanol–water partition coefficient (Wildman–Crippen LogP) is 2.16. The van der Waals surface area contributed by atoms with Crippen LogP contribution in [0.4, 0.5) is 5.69 Å². The van der Waals surface area contributed by atoms with Gasteiger partial charge in [-0.15, -0.1) is 0 Å². The van der Waals surface area contributed by atoms with E-state index in [1.54, 1.807) is 0 Å². The molecule has 0 saturated carbocycles. The summed E-state index contributed by atoms with van der Waals surface area (Å²) in [7, 11) is 1.16. The summed E-state index contributed by atoms with van der Waals surface area (Å²) in [4.78, 5) is 21.5. The first-order chi connectivity index (χ1) is 8.10. The van der Waals surface area contributed by atoms with Crippen molar-refractivity contribution in [1.29, 1.82) is 0 Å². The van der Waals surface area contributed by atoms with Crippen molar-refractivity contribution in [2.75, 3.05) is 19.0 Å². The number of rotatable bonds is 5. The molecule has 1 aromatic carbocycles. The third-order valence-electron chi connectivity index (χ3n) is 1.92. The first-order valence-electron chi connectivity index (χ1n) is 4.65. The summed E-state index contributed by atoms with van der Waals surface area (Å²) in [6, 6.07) is 3.95. The minimum Gasteiger partial charge on any atom is -0.493 e. The fraction of sp³-hybridized carbons (Fsp3) is 0.300. The lowest BCUT2D eigenvalue weighted by Gasteiger charge is -2.06. The Morgan fingerprint density at radius 3 is 2.76 bits per heavy atom. The van der Waals surface area contributed by atoms with Gasteiger partial charge in [0.2, 0.25) is 0 Å². The number of carbonyl (C=O) groups excluding carboxylic acids is 1. The zero-order valence-corrected chi connectivity index (χ0v) is 10.6. The number of ether oxygens (including phenoxy) is 2. The second-order valence-electron chi connectivity index (χ2n) is 2.97. The number of methoxy groups -OCH3 is 1. The standard InChI is InChI=1S/C10H10BrNO5/c1-16-10(13)8-6-7(17-5-4-11)2-3-9(8)12(14)15/h2-3,6H,4-5H2,1H3. The smallest absolute Gasteiger partial charge is 0.345 e. The summed E-state index contributed by atoms with van der Waals surface area (Å²) in [6.07, 6.45) is 0. The maximum Gasteiger partial charge on any atom is 0.345 e. The lowest BCUT2D eigenvalue weighted by atomic mass is 10.1. The van der Waals surface area contributed by atoms with Gasteiger partial charge in [-0.2, -0.15) is 0 Å². The molecule has 0 atom stereocenters. The molecule has 17 heavy (non-hydrogen) atoms. The third kappa shape index (κ3) is 3.42. The van der Waals surface area contributed by atoms with E-state index in [1.165, 1.54) is 18.2 Å². The monoisotopic (exact) mass is 303 g/mol. The van der Waals surface area contributed by atoms with Crippen molar-refractivity contribution in [3.63, 3.8) is 0 Å². The second kappa shape index (κ2) is 6.19. The molecule has 0 aliphatic heterocycles. The molecule has 0 aromatic heterocycles. The SMILES string of the molecule is COC(=O)c1cc(OCCBr)ccc1[N+](=O)[O-]. The molecule has 0 aliphatic carbocycles. The molecule has 0 fully saturated rings. The molecule has 0 radical (unpaired) electrons. The van der Waals surface area contributed by atoms with Gasteiger partial charge in [-0.3, -0.25) is 10.1 Å². The zero-order valence-electron chi connectivity index (χ0n) is 9.01. The van der Waals surface area contributed by atoms with E-state index in [1.807, 2.05) is 0 Å². The average molecular weight is 304 g/mol. The fourth-order valence-corrected chi connectivity index (χ4v) is 1.36. The summed E-state index contributed by atoms with van der Waals surface area (Å²) in [6.45, 7) is 0.401. The summed E-state index contributed by atoms with van der Waals surface area (Å²) in [5.41, 5.74) is -0.424. The van der Waals surface area contributed by atoms with Gasteiger partial charge in [-0.05, 0) is 6.07 Å². The van der Waals surface area contributed by atoms with Gasteiger partial charge in [0, 0.05) is 17.5 Å². The van der Waals surface area contributed by atoms with Crippen LogP contribution in [0.2, 0.25) is 0 Å². The lowest BCUT2D eigenvalue weighted by molar-refractivity contribution is -0.385. The third-order valence-corrected chi connectivity index (χ3v) is 2.24. The van der Waals surface area contributed by atoms with Gasteiger partial charge in [-0.1, -0.05) is 15.9 Å². The van der Waals surface area contributed by atoms with E-state index < -0.39 is 10.9 Å². The van der Waals surface area contributed by atoms with E-state index in [0.29, 0.717) is 17.7 Å². The van der Waals surface area contributed by atoms with Crippen LogP contribution in [0.3, 0.4) is 0 Å².